The fourth-order valence-electron chi connectivity index (χ4n) is 3.19. The Labute approximate surface area is 194 Å². The molecule has 9 heteroatoms. The predicted octanol–water partition coefficient (Wildman–Crippen LogP) is 3.58. The van der Waals surface area contributed by atoms with Crippen LogP contribution in [0.1, 0.15) is 21.5 Å². The maximum Gasteiger partial charge on any atom is 0.279 e. The lowest BCUT2D eigenvalue weighted by molar-refractivity contribution is 0.100. The molecule has 2 aromatic carbocycles. The van der Waals surface area contributed by atoms with Gasteiger partial charge in [0, 0.05) is 41.5 Å². The third-order valence-electron chi connectivity index (χ3n) is 4.87. The zero-order chi connectivity index (χ0) is 22.2. The second kappa shape index (κ2) is 8.48. The van der Waals surface area contributed by atoms with Crippen LogP contribution in [-0.2, 0) is 16.6 Å². The molecule has 0 aromatic heterocycles. The van der Waals surface area contributed by atoms with E-state index in [9.17, 15) is 13.2 Å². The Hall–Kier alpha value is -2.63. The summed E-state index contributed by atoms with van der Waals surface area (Å²) in [6.07, 6.45) is 5.86. The van der Waals surface area contributed by atoms with Gasteiger partial charge in [0.25, 0.3) is 5.91 Å². The number of hydrogen-bond donors (Lipinski definition) is 0. The Kier molecular flexibility index (Phi) is 5.91. The second-order valence-corrected chi connectivity index (χ2v) is 10.6. The summed E-state index contributed by atoms with van der Waals surface area (Å²) < 4.78 is 26.7. The molecule has 0 atom stereocenters. The number of sulfonamides is 1. The number of hydrogen-bond acceptors (Lipinski definition) is 4. The van der Waals surface area contributed by atoms with Gasteiger partial charge < -0.3 is 4.90 Å². The lowest BCUT2D eigenvalue weighted by Gasteiger charge is -2.21. The first kappa shape index (κ1) is 21.6. The maximum atomic E-state index is 12.9. The Balaban J connectivity index is 1.72. The molecule has 0 saturated heterocycles. The van der Waals surface area contributed by atoms with E-state index in [0.29, 0.717) is 18.2 Å². The van der Waals surface area contributed by atoms with Crippen molar-refractivity contribution in [2.75, 3.05) is 14.1 Å². The lowest BCUT2D eigenvalue weighted by atomic mass is 10.1. The Morgan fingerprint density at radius 1 is 1.10 bits per heavy atom. The normalized spacial score (nSPS) is 17.0. The standard InChI is InChI=1S/C22H19IN4O3S/c1-26(2)31(29,30)18-10-7-15(8-11-18)22(28)25-21-19-6-4-3-5-16(19)13-27-14-17(23)9-12-20(27)24-21/h3-12,14H,13H2,1-2H3. The van der Waals surface area contributed by atoms with Gasteiger partial charge in [-0.3, -0.25) is 4.79 Å². The monoisotopic (exact) mass is 546 g/mol. The van der Waals surface area contributed by atoms with Crippen LogP contribution >= 0.6 is 22.6 Å². The summed E-state index contributed by atoms with van der Waals surface area (Å²) in [6, 6.07) is 13.5. The summed E-state index contributed by atoms with van der Waals surface area (Å²) in [5, 5.41) is 0. The van der Waals surface area contributed by atoms with Crippen LogP contribution in [0.15, 0.2) is 85.3 Å². The number of fused-ring (bicyclic) bond motifs is 2. The van der Waals surface area contributed by atoms with E-state index in [-0.39, 0.29) is 10.5 Å². The quantitative estimate of drug-likeness (QED) is 0.552. The molecule has 0 spiro atoms. The highest BCUT2D eigenvalue weighted by atomic mass is 127. The summed E-state index contributed by atoms with van der Waals surface area (Å²) in [7, 11) is -0.643. The van der Waals surface area contributed by atoms with Crippen LogP contribution in [0.4, 0.5) is 0 Å². The summed E-state index contributed by atoms with van der Waals surface area (Å²) in [6.45, 7) is 0.621. The van der Waals surface area contributed by atoms with Crippen LogP contribution in [0.2, 0.25) is 0 Å². The third-order valence-corrected chi connectivity index (χ3v) is 7.34. The van der Waals surface area contributed by atoms with Crippen molar-refractivity contribution in [3.8, 4) is 0 Å². The molecular weight excluding hydrogens is 527 g/mol. The van der Waals surface area contributed by atoms with E-state index >= 15 is 0 Å². The van der Waals surface area contributed by atoms with Crippen molar-refractivity contribution >= 4 is 50.2 Å². The van der Waals surface area contributed by atoms with Gasteiger partial charge in [0.05, 0.1) is 4.90 Å². The molecule has 2 aliphatic heterocycles. The van der Waals surface area contributed by atoms with Gasteiger partial charge in [0.15, 0.2) is 5.84 Å². The van der Waals surface area contributed by atoms with Gasteiger partial charge in [0.2, 0.25) is 10.0 Å². The van der Waals surface area contributed by atoms with Gasteiger partial charge in [-0.1, -0.05) is 24.3 Å². The average Bonchev–Trinajstić information content (AvgIpc) is 2.90. The number of nitrogens with zero attached hydrogens (tertiary/aromatic N) is 4. The topological polar surface area (TPSA) is 82.4 Å². The second-order valence-electron chi connectivity index (χ2n) is 7.15. The van der Waals surface area contributed by atoms with Gasteiger partial charge in [-0.15, -0.1) is 0 Å². The zero-order valence-electron chi connectivity index (χ0n) is 16.9. The molecule has 158 valence electrons. The molecule has 1 amide bonds. The van der Waals surface area contributed by atoms with Crippen LogP contribution in [0.25, 0.3) is 0 Å². The predicted molar refractivity (Wildman–Crippen MR) is 129 cm³/mol. The average molecular weight is 546 g/mol. The Morgan fingerprint density at radius 3 is 2.52 bits per heavy atom. The highest BCUT2D eigenvalue weighted by Gasteiger charge is 2.22. The molecule has 0 unspecified atom stereocenters. The Morgan fingerprint density at radius 2 is 1.81 bits per heavy atom. The highest BCUT2D eigenvalue weighted by molar-refractivity contribution is 14.1. The molecular formula is C22H19IN4O3S. The molecule has 2 heterocycles. The smallest absolute Gasteiger partial charge is 0.279 e. The maximum absolute atomic E-state index is 12.9. The molecule has 0 radical (unpaired) electrons. The van der Waals surface area contributed by atoms with E-state index < -0.39 is 15.9 Å². The molecule has 2 aromatic rings. The number of aliphatic imine (C=N–C) groups is 2. The lowest BCUT2D eigenvalue weighted by Crippen LogP contribution is -2.24. The number of amides is 1. The van der Waals surface area contributed by atoms with E-state index in [1.165, 1.54) is 38.4 Å². The van der Waals surface area contributed by atoms with Crippen LogP contribution < -0.4 is 0 Å². The number of carbonyl (C=O) groups excluding carboxylic acids is 1. The Bertz CT molecular complexity index is 1280. The number of rotatable bonds is 3. The van der Waals surface area contributed by atoms with E-state index in [1.54, 1.807) is 0 Å². The molecule has 2 aliphatic rings. The van der Waals surface area contributed by atoms with E-state index in [2.05, 4.69) is 32.6 Å². The molecule has 0 aliphatic carbocycles. The summed E-state index contributed by atoms with van der Waals surface area (Å²) in [5.74, 6) is 0.551. The molecule has 31 heavy (non-hydrogen) atoms. The van der Waals surface area contributed by atoms with Crippen molar-refractivity contribution in [3.63, 3.8) is 0 Å². The first-order chi connectivity index (χ1) is 14.8. The molecule has 0 bridgehead atoms. The molecule has 0 fully saturated rings. The summed E-state index contributed by atoms with van der Waals surface area (Å²) in [4.78, 5) is 24.0. The van der Waals surface area contributed by atoms with Gasteiger partial charge in [0.1, 0.15) is 5.84 Å². The summed E-state index contributed by atoms with van der Waals surface area (Å²) in [5.41, 5.74) is 2.09. The molecule has 7 nitrogen and oxygen atoms in total. The van der Waals surface area contributed by atoms with Gasteiger partial charge >= 0.3 is 0 Å². The number of carbonyl (C=O) groups is 1. The fraction of sp³-hybridized carbons (Fsp3) is 0.136. The van der Waals surface area contributed by atoms with Gasteiger partial charge in [-0.2, -0.15) is 4.99 Å². The van der Waals surface area contributed by atoms with Crippen LogP contribution in [-0.4, -0.2) is 49.3 Å². The zero-order valence-corrected chi connectivity index (χ0v) is 19.8. The van der Waals surface area contributed by atoms with Crippen LogP contribution in [0.5, 0.6) is 0 Å². The van der Waals surface area contributed by atoms with Crippen molar-refractivity contribution in [1.82, 2.24) is 9.21 Å². The van der Waals surface area contributed by atoms with Crippen LogP contribution in [0, 0.1) is 0 Å². The van der Waals surface area contributed by atoms with E-state index in [4.69, 9.17) is 0 Å². The first-order valence-electron chi connectivity index (χ1n) is 9.40. The molecule has 0 N–H and O–H groups in total. The van der Waals surface area contributed by atoms with Crippen molar-refractivity contribution < 1.29 is 13.2 Å². The first-order valence-corrected chi connectivity index (χ1v) is 11.9. The fourth-order valence-corrected chi connectivity index (χ4v) is 4.61. The van der Waals surface area contributed by atoms with Crippen molar-refractivity contribution in [2.24, 2.45) is 9.98 Å². The summed E-state index contributed by atoms with van der Waals surface area (Å²) >= 11 is 2.25. The largest absolute Gasteiger partial charge is 0.327 e. The number of benzene rings is 2. The number of allylic oxidation sites excluding steroid dienone is 2. The molecule has 0 saturated carbocycles. The number of amidine groups is 2. The van der Waals surface area contributed by atoms with E-state index in [0.717, 1.165) is 19.0 Å². The third kappa shape index (κ3) is 4.39. The van der Waals surface area contributed by atoms with Gasteiger partial charge in [-0.25, -0.2) is 17.7 Å². The van der Waals surface area contributed by atoms with Gasteiger partial charge in [-0.05, 0) is 64.6 Å². The van der Waals surface area contributed by atoms with Crippen molar-refractivity contribution in [2.45, 2.75) is 11.4 Å². The minimum absolute atomic E-state index is 0.117. The molecule has 4 rings (SSSR count). The minimum Gasteiger partial charge on any atom is -0.327 e. The number of halogens is 1. The van der Waals surface area contributed by atoms with E-state index in [1.807, 2.05) is 47.5 Å². The van der Waals surface area contributed by atoms with Crippen LogP contribution in [0.3, 0.4) is 0 Å². The minimum atomic E-state index is -3.56. The highest BCUT2D eigenvalue weighted by Crippen LogP contribution is 2.24. The SMILES string of the molecule is CN(C)S(=O)(=O)c1ccc(C(=O)N=C2N=C3C=CC(I)=CN3Cc3ccccc32)cc1. The van der Waals surface area contributed by atoms with Crippen molar-refractivity contribution in [1.29, 1.82) is 0 Å². The van der Waals surface area contributed by atoms with Crippen molar-refractivity contribution in [3.05, 3.63) is 87.2 Å².